The number of benzene rings is 1. The minimum absolute atomic E-state index is 0.0898. The van der Waals surface area contributed by atoms with E-state index >= 15 is 0 Å². The summed E-state index contributed by atoms with van der Waals surface area (Å²) in [5, 5.41) is 2.75. The molecule has 1 aromatic heterocycles. The molecule has 0 spiro atoms. The second kappa shape index (κ2) is 9.82. The van der Waals surface area contributed by atoms with E-state index in [1.165, 1.54) is 11.8 Å². The number of aromatic nitrogens is 2. The van der Waals surface area contributed by atoms with Crippen LogP contribution in [-0.4, -0.2) is 85.0 Å². The van der Waals surface area contributed by atoms with Crippen LogP contribution in [0.4, 0.5) is 4.79 Å². The Morgan fingerprint density at radius 2 is 1.87 bits per heavy atom. The van der Waals surface area contributed by atoms with Gasteiger partial charge in [0.15, 0.2) is 11.8 Å². The first-order valence-corrected chi connectivity index (χ1v) is 10.2. The standard InChI is InChI=1S/C22H32N6O3/c1-15-12-18-20(13-16(15)2)27(9-8-23-17(3)30)21(19(14-29)24-18)25-22(31)26(4)10-11-28(5,6)7/h12-14H,8-11H2,1-7H3/p+1. The molecular weight excluding hydrogens is 396 g/mol. The van der Waals surface area contributed by atoms with Gasteiger partial charge in [0.25, 0.3) is 0 Å². The van der Waals surface area contributed by atoms with Crippen molar-refractivity contribution in [1.82, 2.24) is 19.8 Å². The zero-order chi connectivity index (χ0) is 23.3. The number of nitrogens with one attached hydrogen (secondary N) is 1. The molecule has 0 atom stereocenters. The smallest absolute Gasteiger partial charge is 0.345 e. The molecule has 9 heteroatoms. The molecule has 0 aliphatic rings. The Labute approximate surface area is 183 Å². The number of hydrogen-bond acceptors (Lipinski definition) is 4. The molecule has 0 unspecified atom stereocenters. The van der Waals surface area contributed by atoms with E-state index < -0.39 is 6.03 Å². The van der Waals surface area contributed by atoms with Crippen LogP contribution in [0.1, 0.15) is 28.5 Å². The van der Waals surface area contributed by atoms with E-state index in [-0.39, 0.29) is 17.1 Å². The SMILES string of the molecule is CC(=O)NCCn1c(=NC(=O)N(C)CC[N+](C)(C)C)c(C=O)nc2cc(C)c(C)cc21. The maximum absolute atomic E-state index is 12.8. The Balaban J connectivity index is 2.62. The van der Waals surface area contributed by atoms with Crippen LogP contribution in [-0.2, 0) is 11.3 Å². The summed E-state index contributed by atoms with van der Waals surface area (Å²) in [6.07, 6.45) is 0.613. The number of quaternary nitrogens is 1. The molecule has 0 saturated carbocycles. The Hall–Kier alpha value is -3.07. The lowest BCUT2D eigenvalue weighted by Gasteiger charge is -2.26. The van der Waals surface area contributed by atoms with Gasteiger partial charge in [0.05, 0.1) is 45.3 Å². The van der Waals surface area contributed by atoms with Gasteiger partial charge in [-0.2, -0.15) is 4.99 Å². The third kappa shape index (κ3) is 6.45. The number of urea groups is 1. The third-order valence-electron chi connectivity index (χ3n) is 5.06. The zero-order valence-corrected chi connectivity index (χ0v) is 19.5. The Morgan fingerprint density at radius 1 is 1.23 bits per heavy atom. The highest BCUT2D eigenvalue weighted by Gasteiger charge is 2.16. The highest BCUT2D eigenvalue weighted by atomic mass is 16.2. The molecule has 0 aliphatic carbocycles. The first-order valence-electron chi connectivity index (χ1n) is 10.2. The maximum atomic E-state index is 12.8. The number of carbonyl (C=O) groups excluding carboxylic acids is 3. The molecule has 1 N–H and O–H groups in total. The van der Waals surface area contributed by atoms with E-state index in [0.29, 0.717) is 35.9 Å². The highest BCUT2D eigenvalue weighted by molar-refractivity contribution is 5.82. The summed E-state index contributed by atoms with van der Waals surface area (Å²) in [4.78, 5) is 46.2. The van der Waals surface area contributed by atoms with Crippen molar-refractivity contribution in [3.8, 4) is 0 Å². The summed E-state index contributed by atoms with van der Waals surface area (Å²) >= 11 is 0. The summed E-state index contributed by atoms with van der Waals surface area (Å²) in [5.74, 6) is -0.156. The number of aryl methyl sites for hydroxylation is 2. The number of likely N-dealkylation sites (N-methyl/N-ethyl adjacent to an activating group) is 2. The van der Waals surface area contributed by atoms with Gasteiger partial charge in [0, 0.05) is 27.1 Å². The van der Waals surface area contributed by atoms with Crippen molar-refractivity contribution in [2.75, 3.05) is 47.8 Å². The van der Waals surface area contributed by atoms with Crippen LogP contribution in [0.25, 0.3) is 11.0 Å². The van der Waals surface area contributed by atoms with Crippen LogP contribution >= 0.6 is 0 Å². The van der Waals surface area contributed by atoms with Gasteiger partial charge in [-0.15, -0.1) is 0 Å². The molecule has 0 radical (unpaired) electrons. The van der Waals surface area contributed by atoms with Crippen LogP contribution in [0.2, 0.25) is 0 Å². The fourth-order valence-corrected chi connectivity index (χ4v) is 3.01. The fourth-order valence-electron chi connectivity index (χ4n) is 3.01. The Kier molecular flexibility index (Phi) is 7.67. The topological polar surface area (TPSA) is 96.7 Å². The lowest BCUT2D eigenvalue weighted by Crippen LogP contribution is -2.42. The van der Waals surface area contributed by atoms with E-state index in [0.717, 1.165) is 23.2 Å². The van der Waals surface area contributed by atoms with Gasteiger partial charge in [-0.25, -0.2) is 9.78 Å². The molecule has 3 amide bonds. The van der Waals surface area contributed by atoms with Crippen molar-refractivity contribution in [2.24, 2.45) is 4.99 Å². The first-order chi connectivity index (χ1) is 14.4. The molecule has 31 heavy (non-hydrogen) atoms. The molecule has 0 bridgehead atoms. The van der Waals surface area contributed by atoms with Gasteiger partial charge < -0.3 is 19.3 Å². The normalized spacial score (nSPS) is 12.2. The second-order valence-electron chi connectivity index (χ2n) is 8.83. The number of fused-ring (bicyclic) bond motifs is 1. The Morgan fingerprint density at radius 3 is 2.45 bits per heavy atom. The lowest BCUT2D eigenvalue weighted by atomic mass is 10.1. The van der Waals surface area contributed by atoms with Crippen LogP contribution < -0.4 is 10.8 Å². The zero-order valence-electron chi connectivity index (χ0n) is 19.5. The van der Waals surface area contributed by atoms with Crippen LogP contribution in [0.15, 0.2) is 17.1 Å². The fraction of sp³-hybridized carbons (Fsp3) is 0.500. The molecule has 9 nitrogen and oxygen atoms in total. The van der Waals surface area contributed by atoms with E-state index in [9.17, 15) is 14.4 Å². The number of aldehydes is 1. The number of carbonyl (C=O) groups is 3. The molecule has 0 aliphatic heterocycles. The molecule has 1 aromatic carbocycles. The summed E-state index contributed by atoms with van der Waals surface area (Å²) < 4.78 is 2.49. The van der Waals surface area contributed by atoms with Crippen LogP contribution in [0.5, 0.6) is 0 Å². The Bertz CT molecular complexity index is 1070. The average Bonchev–Trinajstić information content (AvgIpc) is 2.67. The molecule has 2 aromatic rings. The highest BCUT2D eigenvalue weighted by Crippen LogP contribution is 2.17. The molecular formula is C22H33N6O3+. The van der Waals surface area contributed by atoms with Gasteiger partial charge in [0.2, 0.25) is 5.91 Å². The van der Waals surface area contributed by atoms with Crippen molar-refractivity contribution in [3.63, 3.8) is 0 Å². The molecule has 0 saturated heterocycles. The number of nitrogens with zero attached hydrogens (tertiary/aromatic N) is 5. The molecule has 1 heterocycles. The van der Waals surface area contributed by atoms with Gasteiger partial charge in [-0.1, -0.05) is 0 Å². The molecule has 2 rings (SSSR count). The van der Waals surface area contributed by atoms with Crippen LogP contribution in [0.3, 0.4) is 0 Å². The number of hydrogen-bond donors (Lipinski definition) is 1. The van der Waals surface area contributed by atoms with Crippen molar-refractivity contribution < 1.29 is 18.9 Å². The average molecular weight is 430 g/mol. The van der Waals surface area contributed by atoms with E-state index in [1.54, 1.807) is 11.6 Å². The van der Waals surface area contributed by atoms with E-state index in [2.05, 4.69) is 15.3 Å². The summed E-state index contributed by atoms with van der Waals surface area (Å²) in [6, 6.07) is 3.42. The lowest BCUT2D eigenvalue weighted by molar-refractivity contribution is -0.869. The predicted molar refractivity (Wildman–Crippen MR) is 120 cm³/mol. The third-order valence-corrected chi connectivity index (χ3v) is 5.06. The monoisotopic (exact) mass is 429 g/mol. The quantitative estimate of drug-likeness (QED) is 0.529. The van der Waals surface area contributed by atoms with Crippen molar-refractivity contribution in [2.45, 2.75) is 27.3 Å². The summed E-state index contributed by atoms with van der Waals surface area (Å²) in [5.41, 5.74) is 3.77. The van der Waals surface area contributed by atoms with Gasteiger partial charge in [-0.05, 0) is 37.1 Å². The number of amides is 3. The molecule has 168 valence electrons. The number of rotatable bonds is 7. The van der Waals surface area contributed by atoms with Crippen molar-refractivity contribution >= 4 is 29.3 Å². The minimum atomic E-state index is -0.449. The first kappa shape index (κ1) is 24.2. The van der Waals surface area contributed by atoms with E-state index in [4.69, 9.17) is 0 Å². The van der Waals surface area contributed by atoms with Crippen molar-refractivity contribution in [3.05, 3.63) is 34.4 Å². The maximum Gasteiger partial charge on any atom is 0.345 e. The second-order valence-corrected chi connectivity index (χ2v) is 8.83. The van der Waals surface area contributed by atoms with Gasteiger partial charge in [-0.3, -0.25) is 9.59 Å². The minimum Gasteiger partial charge on any atom is -0.355 e. The van der Waals surface area contributed by atoms with Crippen LogP contribution in [0, 0.1) is 13.8 Å². The van der Waals surface area contributed by atoms with E-state index in [1.807, 2.05) is 47.1 Å². The largest absolute Gasteiger partial charge is 0.355 e. The van der Waals surface area contributed by atoms with Gasteiger partial charge >= 0.3 is 6.03 Å². The van der Waals surface area contributed by atoms with Crippen molar-refractivity contribution in [1.29, 1.82) is 0 Å². The van der Waals surface area contributed by atoms with Gasteiger partial charge in [0.1, 0.15) is 5.69 Å². The summed E-state index contributed by atoms with van der Waals surface area (Å²) in [6.45, 7) is 7.36. The summed E-state index contributed by atoms with van der Waals surface area (Å²) in [7, 11) is 7.83. The molecule has 0 fully saturated rings. The predicted octanol–water partition coefficient (Wildman–Crippen LogP) is 1.26.